The van der Waals surface area contributed by atoms with E-state index in [0.717, 1.165) is 18.4 Å². The number of aromatic nitrogens is 2. The first-order valence-electron chi connectivity index (χ1n) is 10.0. The van der Waals surface area contributed by atoms with Crippen LogP contribution in [0.3, 0.4) is 0 Å². The van der Waals surface area contributed by atoms with Crippen LogP contribution in [0, 0.1) is 11.8 Å². The van der Waals surface area contributed by atoms with Crippen LogP contribution in [0.5, 0.6) is 0 Å². The number of hydrogen-bond donors (Lipinski definition) is 2. The van der Waals surface area contributed by atoms with Crippen molar-refractivity contribution in [1.82, 2.24) is 14.9 Å². The zero-order valence-corrected chi connectivity index (χ0v) is 17.4. The van der Waals surface area contributed by atoms with Gasteiger partial charge in [-0.05, 0) is 47.4 Å². The Morgan fingerprint density at radius 2 is 1.93 bits per heavy atom. The highest BCUT2D eigenvalue weighted by molar-refractivity contribution is 7.17. The van der Waals surface area contributed by atoms with E-state index in [1.165, 1.54) is 22.3 Å². The second-order valence-electron chi connectivity index (χ2n) is 8.03. The highest BCUT2D eigenvalue weighted by Gasteiger charge is 2.28. The van der Waals surface area contributed by atoms with E-state index in [-0.39, 0.29) is 24.1 Å². The van der Waals surface area contributed by atoms with Crippen LogP contribution in [0.4, 0.5) is 0 Å². The molecule has 152 valence electrons. The zero-order chi connectivity index (χ0) is 20.5. The third-order valence-corrected chi connectivity index (χ3v) is 7.07. The predicted molar refractivity (Wildman–Crippen MR) is 116 cm³/mol. The van der Waals surface area contributed by atoms with Gasteiger partial charge in [-0.15, -0.1) is 11.3 Å². The number of aromatic amines is 1. The number of nitrogens with zero attached hydrogens (tertiary/aromatic N) is 1. The van der Waals surface area contributed by atoms with E-state index in [1.807, 2.05) is 0 Å². The van der Waals surface area contributed by atoms with Gasteiger partial charge in [-0.2, -0.15) is 0 Å². The average Bonchev–Trinajstić information content (AvgIpc) is 3.17. The molecule has 2 heterocycles. The Kier molecular flexibility index (Phi) is 5.41. The number of rotatable bonds is 4. The van der Waals surface area contributed by atoms with Gasteiger partial charge in [0, 0.05) is 11.6 Å². The Labute approximate surface area is 172 Å². The Morgan fingerprint density at radius 3 is 2.69 bits per heavy atom. The fourth-order valence-corrected chi connectivity index (χ4v) is 4.89. The largest absolute Gasteiger partial charge is 0.349 e. The molecule has 7 heteroatoms. The first-order chi connectivity index (χ1) is 13.9. The maximum absolute atomic E-state index is 12.6. The lowest BCUT2D eigenvalue weighted by Gasteiger charge is -2.34. The number of fused-ring (bicyclic) bond motifs is 1. The molecule has 0 radical (unpaired) electrons. The highest BCUT2D eigenvalue weighted by atomic mass is 32.1. The van der Waals surface area contributed by atoms with Gasteiger partial charge >= 0.3 is 5.69 Å². The lowest BCUT2D eigenvalue weighted by Crippen LogP contribution is -2.43. The van der Waals surface area contributed by atoms with Gasteiger partial charge in [-0.1, -0.05) is 38.8 Å². The molecule has 2 aromatic heterocycles. The van der Waals surface area contributed by atoms with Crippen molar-refractivity contribution in [1.29, 1.82) is 0 Å². The molecule has 1 aromatic carbocycles. The maximum Gasteiger partial charge on any atom is 0.329 e. The van der Waals surface area contributed by atoms with Crippen LogP contribution >= 0.6 is 11.3 Å². The first-order valence-corrected chi connectivity index (χ1v) is 10.9. The quantitative estimate of drug-likeness (QED) is 0.690. The van der Waals surface area contributed by atoms with Crippen molar-refractivity contribution in [3.63, 3.8) is 0 Å². The van der Waals surface area contributed by atoms with Gasteiger partial charge in [0.25, 0.3) is 11.5 Å². The molecule has 6 nitrogen and oxygen atoms in total. The Morgan fingerprint density at radius 1 is 1.17 bits per heavy atom. The number of amides is 1. The summed E-state index contributed by atoms with van der Waals surface area (Å²) in [5, 5.41) is 4.96. The van der Waals surface area contributed by atoms with Crippen LogP contribution in [-0.2, 0) is 6.54 Å². The van der Waals surface area contributed by atoms with Crippen molar-refractivity contribution in [3.05, 3.63) is 67.7 Å². The minimum absolute atomic E-state index is 0.0717. The van der Waals surface area contributed by atoms with Gasteiger partial charge in [0.05, 0.1) is 12.1 Å². The molecular formula is C22H25N3O3S. The molecule has 4 rings (SSSR count). The summed E-state index contributed by atoms with van der Waals surface area (Å²) in [6.07, 6.45) is 3.39. The highest BCUT2D eigenvalue weighted by Crippen LogP contribution is 2.29. The lowest BCUT2D eigenvalue weighted by molar-refractivity contribution is 0.0891. The second kappa shape index (κ2) is 7.99. The lowest BCUT2D eigenvalue weighted by atomic mass is 9.78. The monoisotopic (exact) mass is 411 g/mol. The summed E-state index contributed by atoms with van der Waals surface area (Å²) in [4.78, 5) is 40.2. The smallest absolute Gasteiger partial charge is 0.329 e. The van der Waals surface area contributed by atoms with E-state index in [9.17, 15) is 14.4 Å². The number of H-pyrrole nitrogens is 1. The van der Waals surface area contributed by atoms with E-state index < -0.39 is 5.69 Å². The number of carbonyl (C=O) groups excluding carboxylic acids is 1. The Hall–Kier alpha value is -2.67. The molecule has 2 N–H and O–H groups in total. The molecule has 1 aliphatic carbocycles. The van der Waals surface area contributed by atoms with Crippen LogP contribution in [-0.4, -0.2) is 21.5 Å². The molecule has 3 aromatic rings. The molecule has 1 fully saturated rings. The standard InChI is InChI=1S/C22H25N3O3S/c1-13-4-3-5-17(14(13)2)23-20(26)16-8-6-15(7-9-16)12-25-21(27)19-18(10-11-29-19)24-22(25)28/h6-11,13-14,17H,3-5,12H2,1-2H3,(H,23,26)(H,24,28)/t13-,14+,17-/m1/s1. The summed E-state index contributed by atoms with van der Waals surface area (Å²) in [6, 6.07) is 9.04. The number of benzene rings is 1. The number of carbonyl (C=O) groups is 1. The SMILES string of the molecule is C[C@H]1[C@H](C)CCC[C@H]1NC(=O)c1ccc(Cn2c(=O)[nH]c3ccsc3c2=O)cc1. The van der Waals surface area contributed by atoms with Gasteiger partial charge in [0.1, 0.15) is 4.70 Å². The summed E-state index contributed by atoms with van der Waals surface area (Å²) >= 11 is 1.31. The maximum atomic E-state index is 12.6. The molecule has 1 saturated carbocycles. The van der Waals surface area contributed by atoms with E-state index in [0.29, 0.717) is 27.6 Å². The summed E-state index contributed by atoms with van der Waals surface area (Å²) in [6.45, 7) is 4.62. The van der Waals surface area contributed by atoms with Crippen molar-refractivity contribution >= 4 is 27.5 Å². The van der Waals surface area contributed by atoms with E-state index in [2.05, 4.69) is 24.1 Å². The fourth-order valence-electron chi connectivity index (χ4n) is 4.10. The van der Waals surface area contributed by atoms with Crippen molar-refractivity contribution in [3.8, 4) is 0 Å². The van der Waals surface area contributed by atoms with Crippen LogP contribution in [0.2, 0.25) is 0 Å². The third kappa shape index (κ3) is 3.92. The molecule has 3 atom stereocenters. The molecule has 0 unspecified atom stereocenters. The number of thiophene rings is 1. The molecule has 1 aliphatic rings. The van der Waals surface area contributed by atoms with Gasteiger partial charge in [0.15, 0.2) is 0 Å². The predicted octanol–water partition coefficient (Wildman–Crippen LogP) is 3.35. The minimum Gasteiger partial charge on any atom is -0.349 e. The van der Waals surface area contributed by atoms with Crippen LogP contribution in [0.25, 0.3) is 10.2 Å². The number of nitrogens with one attached hydrogen (secondary N) is 2. The van der Waals surface area contributed by atoms with Crippen molar-refractivity contribution < 1.29 is 4.79 Å². The van der Waals surface area contributed by atoms with Gasteiger partial charge in [0.2, 0.25) is 0 Å². The normalized spacial score (nSPS) is 21.9. The molecule has 0 spiro atoms. The van der Waals surface area contributed by atoms with Crippen LogP contribution < -0.4 is 16.6 Å². The van der Waals surface area contributed by atoms with Gasteiger partial charge in [-0.3, -0.25) is 14.2 Å². The molecule has 29 heavy (non-hydrogen) atoms. The summed E-state index contributed by atoms with van der Waals surface area (Å²) in [7, 11) is 0. The summed E-state index contributed by atoms with van der Waals surface area (Å²) in [5.74, 6) is 1.02. The van der Waals surface area contributed by atoms with Crippen molar-refractivity contribution in [2.24, 2.45) is 11.8 Å². The number of hydrogen-bond acceptors (Lipinski definition) is 4. The van der Waals surface area contributed by atoms with E-state index in [4.69, 9.17) is 0 Å². The Bertz CT molecular complexity index is 1140. The third-order valence-electron chi connectivity index (χ3n) is 6.17. The topological polar surface area (TPSA) is 84.0 Å². The van der Waals surface area contributed by atoms with Crippen LogP contribution in [0.15, 0.2) is 45.3 Å². The van der Waals surface area contributed by atoms with E-state index >= 15 is 0 Å². The molecule has 0 aliphatic heterocycles. The minimum atomic E-state index is -0.428. The van der Waals surface area contributed by atoms with Gasteiger partial charge < -0.3 is 10.3 Å². The molecular weight excluding hydrogens is 386 g/mol. The van der Waals surface area contributed by atoms with Crippen molar-refractivity contribution in [2.45, 2.75) is 45.7 Å². The first kappa shape index (κ1) is 19.6. The fraction of sp³-hybridized carbons (Fsp3) is 0.409. The summed E-state index contributed by atoms with van der Waals surface area (Å²) < 4.78 is 1.73. The molecule has 0 saturated heterocycles. The summed E-state index contributed by atoms with van der Waals surface area (Å²) in [5.41, 5.74) is 1.24. The average molecular weight is 412 g/mol. The molecule has 0 bridgehead atoms. The molecule has 1 amide bonds. The van der Waals surface area contributed by atoms with Gasteiger partial charge in [-0.25, -0.2) is 4.79 Å². The van der Waals surface area contributed by atoms with Crippen LogP contribution in [0.1, 0.15) is 49.0 Å². The Balaban J connectivity index is 1.49. The second-order valence-corrected chi connectivity index (χ2v) is 8.95. The zero-order valence-electron chi connectivity index (χ0n) is 16.6. The van der Waals surface area contributed by atoms with E-state index in [1.54, 1.807) is 35.7 Å². The van der Waals surface area contributed by atoms with Crippen molar-refractivity contribution in [2.75, 3.05) is 0 Å².